The smallest absolute Gasteiger partial charge is 0.243 e. The number of nitrogens with zero attached hydrogens (tertiary/aromatic N) is 3. The van der Waals surface area contributed by atoms with Gasteiger partial charge in [-0.25, -0.2) is 26.9 Å². The molecule has 1 fully saturated rings. The van der Waals surface area contributed by atoms with E-state index in [-0.39, 0.29) is 6.54 Å². The summed E-state index contributed by atoms with van der Waals surface area (Å²) in [5.74, 6) is -0.969. The van der Waals surface area contributed by atoms with Crippen molar-refractivity contribution in [3.63, 3.8) is 0 Å². The number of hydrogen-bond donors (Lipinski definition) is 1. The molecule has 0 aliphatic carbocycles. The zero-order valence-electron chi connectivity index (χ0n) is 15.0. The molecule has 1 N–H and O–H groups in total. The average Bonchev–Trinajstić information content (AvgIpc) is 2.69. The molecule has 0 radical (unpaired) electrons. The van der Waals surface area contributed by atoms with E-state index in [0.29, 0.717) is 11.6 Å². The number of halogens is 2. The Morgan fingerprint density at radius 2 is 1.85 bits per heavy atom. The Labute approximate surface area is 157 Å². The first-order chi connectivity index (χ1) is 12.9. The number of pyridine rings is 1. The van der Waals surface area contributed by atoms with Crippen LogP contribution in [0.25, 0.3) is 0 Å². The molecule has 0 bridgehead atoms. The van der Waals surface area contributed by atoms with E-state index in [9.17, 15) is 17.2 Å². The predicted molar refractivity (Wildman–Crippen MR) is 98.9 cm³/mol. The summed E-state index contributed by atoms with van der Waals surface area (Å²) >= 11 is 0. The third-order valence-corrected chi connectivity index (χ3v) is 6.02. The third kappa shape index (κ3) is 4.79. The minimum absolute atomic E-state index is 0.0603. The van der Waals surface area contributed by atoms with E-state index in [1.165, 1.54) is 0 Å². The van der Waals surface area contributed by atoms with Gasteiger partial charge in [0, 0.05) is 38.9 Å². The second-order valence-electron chi connectivity index (χ2n) is 6.35. The van der Waals surface area contributed by atoms with Gasteiger partial charge in [0.25, 0.3) is 0 Å². The summed E-state index contributed by atoms with van der Waals surface area (Å²) in [6.45, 7) is 6.87. The van der Waals surface area contributed by atoms with Crippen molar-refractivity contribution >= 4 is 15.8 Å². The van der Waals surface area contributed by atoms with Gasteiger partial charge in [-0.2, -0.15) is 0 Å². The lowest BCUT2D eigenvalue weighted by Crippen LogP contribution is -2.46. The molecule has 1 aliphatic rings. The fourth-order valence-electron chi connectivity index (χ4n) is 2.94. The van der Waals surface area contributed by atoms with Crippen LogP contribution in [-0.4, -0.2) is 51.0 Å². The third-order valence-electron chi connectivity index (χ3n) is 4.60. The molecule has 27 heavy (non-hydrogen) atoms. The van der Waals surface area contributed by atoms with Gasteiger partial charge in [0.05, 0.1) is 0 Å². The van der Waals surface area contributed by atoms with Crippen molar-refractivity contribution in [2.75, 3.05) is 37.6 Å². The molecule has 0 amide bonds. The molecule has 1 aliphatic heterocycles. The fourth-order valence-corrected chi connectivity index (χ4v) is 4.05. The fraction of sp³-hybridized carbons (Fsp3) is 0.389. The highest BCUT2D eigenvalue weighted by Gasteiger charge is 2.20. The topological polar surface area (TPSA) is 65.5 Å². The minimum atomic E-state index is -4.16. The van der Waals surface area contributed by atoms with Gasteiger partial charge in [-0.15, -0.1) is 0 Å². The van der Waals surface area contributed by atoms with Crippen LogP contribution in [0.5, 0.6) is 0 Å². The Morgan fingerprint density at radius 3 is 2.48 bits per heavy atom. The number of sulfonamides is 1. The first-order valence-corrected chi connectivity index (χ1v) is 10.2. The summed E-state index contributed by atoms with van der Waals surface area (Å²) < 4.78 is 53.6. The molecule has 0 unspecified atom stereocenters. The molecule has 1 aromatic heterocycles. The normalized spacial score (nSPS) is 15.9. The van der Waals surface area contributed by atoms with Crippen LogP contribution in [0.4, 0.5) is 14.6 Å². The molecular weight excluding hydrogens is 374 g/mol. The summed E-state index contributed by atoms with van der Waals surface area (Å²) in [5.41, 5.74) is 0.631. The van der Waals surface area contributed by atoms with E-state index in [4.69, 9.17) is 0 Å². The molecule has 146 valence electrons. The summed E-state index contributed by atoms with van der Waals surface area (Å²) in [5, 5.41) is 0. The maximum atomic E-state index is 13.7. The maximum absolute atomic E-state index is 13.7. The lowest BCUT2D eigenvalue weighted by Gasteiger charge is -2.34. The molecule has 1 saturated heterocycles. The van der Waals surface area contributed by atoms with Crippen molar-refractivity contribution in [3.05, 3.63) is 53.7 Å². The highest BCUT2D eigenvalue weighted by Crippen LogP contribution is 2.17. The molecule has 3 rings (SSSR count). The van der Waals surface area contributed by atoms with Gasteiger partial charge in [0.15, 0.2) is 0 Å². The SMILES string of the molecule is CCN1CCN(c2ccc(CNS(=O)(=O)c3cc(F)ccc3F)cn2)CC1. The Kier molecular flexibility index (Phi) is 6.03. The number of hydrogen-bond acceptors (Lipinski definition) is 5. The van der Waals surface area contributed by atoms with Gasteiger partial charge < -0.3 is 9.80 Å². The molecule has 6 nitrogen and oxygen atoms in total. The number of piperazine rings is 1. The van der Waals surface area contributed by atoms with E-state index < -0.39 is 26.6 Å². The zero-order chi connectivity index (χ0) is 19.4. The lowest BCUT2D eigenvalue weighted by atomic mass is 10.2. The summed E-state index contributed by atoms with van der Waals surface area (Å²) in [7, 11) is -4.16. The van der Waals surface area contributed by atoms with Crippen molar-refractivity contribution in [2.24, 2.45) is 0 Å². The Morgan fingerprint density at radius 1 is 1.11 bits per heavy atom. The number of nitrogens with one attached hydrogen (secondary N) is 1. The van der Waals surface area contributed by atoms with Crippen LogP contribution in [0, 0.1) is 11.6 Å². The predicted octanol–water partition coefficient (Wildman–Crippen LogP) is 1.98. The average molecular weight is 396 g/mol. The van der Waals surface area contributed by atoms with E-state index in [2.05, 4.69) is 26.4 Å². The Hall–Kier alpha value is -2.10. The molecule has 2 heterocycles. The van der Waals surface area contributed by atoms with Gasteiger partial charge in [0.1, 0.15) is 22.3 Å². The van der Waals surface area contributed by atoms with E-state index >= 15 is 0 Å². The first kappa shape index (κ1) is 19.7. The summed E-state index contributed by atoms with van der Waals surface area (Å²) in [6.07, 6.45) is 1.59. The maximum Gasteiger partial charge on any atom is 0.243 e. The van der Waals surface area contributed by atoms with E-state index in [1.807, 2.05) is 6.07 Å². The van der Waals surface area contributed by atoms with Crippen LogP contribution in [0.15, 0.2) is 41.4 Å². The monoisotopic (exact) mass is 396 g/mol. The van der Waals surface area contributed by atoms with Crippen LogP contribution >= 0.6 is 0 Å². The highest BCUT2D eigenvalue weighted by atomic mass is 32.2. The molecule has 1 aromatic carbocycles. The largest absolute Gasteiger partial charge is 0.354 e. The van der Waals surface area contributed by atoms with Gasteiger partial charge in [-0.3, -0.25) is 0 Å². The Balaban J connectivity index is 1.62. The number of benzene rings is 1. The molecule has 2 aromatic rings. The Bertz CT molecular complexity index is 883. The summed E-state index contributed by atoms with van der Waals surface area (Å²) in [4.78, 5) is 8.24. The van der Waals surface area contributed by atoms with Crippen LogP contribution in [-0.2, 0) is 16.6 Å². The number of likely N-dealkylation sites (N-methyl/N-ethyl adjacent to an activating group) is 1. The van der Waals surface area contributed by atoms with Crippen molar-refractivity contribution < 1.29 is 17.2 Å². The zero-order valence-corrected chi connectivity index (χ0v) is 15.8. The van der Waals surface area contributed by atoms with Crippen molar-refractivity contribution in [1.29, 1.82) is 0 Å². The van der Waals surface area contributed by atoms with Crippen molar-refractivity contribution in [2.45, 2.75) is 18.4 Å². The van der Waals surface area contributed by atoms with Gasteiger partial charge in [-0.1, -0.05) is 13.0 Å². The van der Waals surface area contributed by atoms with Crippen LogP contribution in [0.2, 0.25) is 0 Å². The molecule has 0 spiro atoms. The van der Waals surface area contributed by atoms with Crippen LogP contribution < -0.4 is 9.62 Å². The summed E-state index contributed by atoms with van der Waals surface area (Å²) in [6, 6.07) is 5.94. The number of aromatic nitrogens is 1. The minimum Gasteiger partial charge on any atom is -0.354 e. The first-order valence-electron chi connectivity index (χ1n) is 8.76. The lowest BCUT2D eigenvalue weighted by molar-refractivity contribution is 0.270. The van der Waals surface area contributed by atoms with Crippen LogP contribution in [0.3, 0.4) is 0 Å². The molecule has 9 heteroatoms. The van der Waals surface area contributed by atoms with E-state index in [0.717, 1.165) is 50.7 Å². The van der Waals surface area contributed by atoms with Crippen LogP contribution in [0.1, 0.15) is 12.5 Å². The van der Waals surface area contributed by atoms with Gasteiger partial charge in [0.2, 0.25) is 10.0 Å². The second-order valence-corrected chi connectivity index (χ2v) is 8.08. The van der Waals surface area contributed by atoms with Gasteiger partial charge in [-0.05, 0) is 36.4 Å². The van der Waals surface area contributed by atoms with Gasteiger partial charge >= 0.3 is 0 Å². The standard InChI is InChI=1S/C18H22F2N4O2S/c1-2-23-7-9-24(10-8-23)18-6-3-14(12-21-18)13-22-27(25,26)17-11-15(19)4-5-16(17)20/h3-6,11-12,22H,2,7-10,13H2,1H3. The number of anilines is 1. The molecular formula is C18H22F2N4O2S. The van der Waals surface area contributed by atoms with E-state index in [1.54, 1.807) is 12.3 Å². The molecule has 0 atom stereocenters. The quantitative estimate of drug-likeness (QED) is 0.809. The number of rotatable bonds is 6. The van der Waals surface area contributed by atoms with Crippen molar-refractivity contribution in [1.82, 2.24) is 14.6 Å². The van der Waals surface area contributed by atoms with Crippen molar-refractivity contribution in [3.8, 4) is 0 Å². The molecule has 0 saturated carbocycles. The highest BCUT2D eigenvalue weighted by molar-refractivity contribution is 7.89. The second kappa shape index (κ2) is 8.28.